The highest BCUT2D eigenvalue weighted by Crippen LogP contribution is 2.18. The van der Waals surface area contributed by atoms with Crippen molar-refractivity contribution in [2.24, 2.45) is 5.92 Å². The van der Waals surface area contributed by atoms with Crippen LogP contribution in [0.5, 0.6) is 0 Å². The van der Waals surface area contributed by atoms with Crippen molar-refractivity contribution >= 4 is 10.2 Å². The van der Waals surface area contributed by atoms with Gasteiger partial charge in [0.15, 0.2) is 0 Å². The highest BCUT2D eigenvalue weighted by molar-refractivity contribution is 7.87. The number of nitrogens with zero attached hydrogens (tertiary/aromatic N) is 2. The number of likely N-dealkylation sites (tertiary alicyclic amines) is 1. The van der Waals surface area contributed by atoms with Crippen molar-refractivity contribution in [2.75, 3.05) is 52.9 Å². The van der Waals surface area contributed by atoms with Crippen LogP contribution in [-0.2, 0) is 10.2 Å². The number of piperidine rings is 1. The summed E-state index contributed by atoms with van der Waals surface area (Å²) in [5.74, 6) is 0.607. The fourth-order valence-corrected chi connectivity index (χ4v) is 4.30. The third-order valence-electron chi connectivity index (χ3n) is 4.32. The van der Waals surface area contributed by atoms with Crippen LogP contribution in [0.1, 0.15) is 25.7 Å². The average molecular weight is 304 g/mol. The maximum absolute atomic E-state index is 12.2. The van der Waals surface area contributed by atoms with Crippen LogP contribution in [0, 0.1) is 5.92 Å². The third-order valence-corrected chi connectivity index (χ3v) is 5.93. The summed E-state index contributed by atoms with van der Waals surface area (Å²) in [6, 6.07) is 0. The van der Waals surface area contributed by atoms with Crippen LogP contribution in [0.2, 0.25) is 0 Å². The number of rotatable bonds is 7. The van der Waals surface area contributed by atoms with Crippen LogP contribution in [0.4, 0.5) is 0 Å². The van der Waals surface area contributed by atoms with Gasteiger partial charge >= 0.3 is 0 Å². The standard InChI is InChI=1S/C13H28N4O2S/c1-14-12-13-4-9-17(10-5-13)20(18,19)15-6-11-16-7-2-3-8-16/h13-15H,2-12H2,1H3. The summed E-state index contributed by atoms with van der Waals surface area (Å²) in [6.45, 7) is 5.84. The lowest BCUT2D eigenvalue weighted by Gasteiger charge is -2.31. The lowest BCUT2D eigenvalue weighted by atomic mass is 9.98. The van der Waals surface area contributed by atoms with E-state index in [0.29, 0.717) is 25.6 Å². The summed E-state index contributed by atoms with van der Waals surface area (Å²) in [6.07, 6.45) is 4.39. The minimum atomic E-state index is -3.28. The molecule has 6 nitrogen and oxygen atoms in total. The zero-order chi connectivity index (χ0) is 14.4. The fourth-order valence-electron chi connectivity index (χ4n) is 3.07. The van der Waals surface area contributed by atoms with Gasteiger partial charge in [0, 0.05) is 26.2 Å². The van der Waals surface area contributed by atoms with E-state index in [1.807, 2.05) is 7.05 Å². The molecule has 0 amide bonds. The molecule has 2 saturated heterocycles. The smallest absolute Gasteiger partial charge is 0.279 e. The molecule has 0 unspecified atom stereocenters. The van der Waals surface area contributed by atoms with Crippen molar-refractivity contribution in [3.8, 4) is 0 Å². The first-order valence-electron chi connectivity index (χ1n) is 7.73. The van der Waals surface area contributed by atoms with Gasteiger partial charge in [-0.25, -0.2) is 4.72 Å². The molecule has 0 atom stereocenters. The third kappa shape index (κ3) is 4.66. The minimum absolute atomic E-state index is 0.527. The Bertz CT molecular complexity index is 374. The minimum Gasteiger partial charge on any atom is -0.319 e. The number of hydrogen-bond donors (Lipinski definition) is 2. The lowest BCUT2D eigenvalue weighted by molar-refractivity contribution is 0.267. The van der Waals surface area contributed by atoms with Gasteiger partial charge in [-0.2, -0.15) is 12.7 Å². The maximum atomic E-state index is 12.2. The number of hydrogen-bond acceptors (Lipinski definition) is 4. The molecular formula is C13H28N4O2S. The number of nitrogens with one attached hydrogen (secondary N) is 2. The maximum Gasteiger partial charge on any atom is 0.279 e. The molecule has 0 aromatic heterocycles. The van der Waals surface area contributed by atoms with Crippen molar-refractivity contribution in [1.29, 1.82) is 0 Å². The van der Waals surface area contributed by atoms with Crippen LogP contribution >= 0.6 is 0 Å². The zero-order valence-corrected chi connectivity index (χ0v) is 13.3. The Morgan fingerprint density at radius 3 is 2.35 bits per heavy atom. The molecule has 2 aliphatic rings. The Morgan fingerprint density at radius 2 is 1.75 bits per heavy atom. The Balaban J connectivity index is 1.70. The van der Waals surface area contributed by atoms with Crippen LogP contribution < -0.4 is 10.0 Å². The van der Waals surface area contributed by atoms with Crippen LogP contribution in [0.15, 0.2) is 0 Å². The monoisotopic (exact) mass is 304 g/mol. The van der Waals surface area contributed by atoms with Crippen molar-refractivity contribution in [3.05, 3.63) is 0 Å². The van der Waals surface area contributed by atoms with Gasteiger partial charge in [-0.05, 0) is 58.3 Å². The van der Waals surface area contributed by atoms with Crippen molar-refractivity contribution < 1.29 is 8.42 Å². The molecule has 0 spiro atoms. The van der Waals surface area contributed by atoms with Crippen molar-refractivity contribution in [2.45, 2.75) is 25.7 Å². The van der Waals surface area contributed by atoms with Gasteiger partial charge in [-0.1, -0.05) is 0 Å². The van der Waals surface area contributed by atoms with E-state index in [1.165, 1.54) is 12.8 Å². The molecular weight excluding hydrogens is 276 g/mol. The molecule has 2 N–H and O–H groups in total. The van der Waals surface area contributed by atoms with Crippen molar-refractivity contribution in [3.63, 3.8) is 0 Å². The second kappa shape index (κ2) is 7.70. The van der Waals surface area contributed by atoms with E-state index in [0.717, 1.165) is 39.0 Å². The van der Waals surface area contributed by atoms with Crippen LogP contribution in [0.3, 0.4) is 0 Å². The van der Waals surface area contributed by atoms with Gasteiger partial charge in [0.2, 0.25) is 0 Å². The second-order valence-corrected chi connectivity index (χ2v) is 7.60. The van der Waals surface area contributed by atoms with Gasteiger partial charge in [0.05, 0.1) is 0 Å². The summed E-state index contributed by atoms with van der Waals surface area (Å²) < 4.78 is 28.8. The predicted octanol–water partition coefficient (Wildman–Crippen LogP) is -0.152. The van der Waals surface area contributed by atoms with E-state index in [-0.39, 0.29) is 0 Å². The SMILES string of the molecule is CNCC1CCN(S(=O)(=O)NCCN2CCCC2)CC1. The first kappa shape index (κ1) is 16.2. The molecule has 2 fully saturated rings. The van der Waals surface area contributed by atoms with Gasteiger partial charge in [-0.3, -0.25) is 0 Å². The highest BCUT2D eigenvalue weighted by Gasteiger charge is 2.27. The van der Waals surface area contributed by atoms with Gasteiger partial charge in [0.1, 0.15) is 0 Å². The van der Waals surface area contributed by atoms with E-state index in [2.05, 4.69) is 14.9 Å². The van der Waals surface area contributed by atoms with Crippen molar-refractivity contribution in [1.82, 2.24) is 19.2 Å². The van der Waals surface area contributed by atoms with E-state index in [9.17, 15) is 8.42 Å². The van der Waals surface area contributed by atoms with E-state index < -0.39 is 10.2 Å². The topological polar surface area (TPSA) is 64.7 Å². The molecule has 0 radical (unpaired) electrons. The quantitative estimate of drug-likeness (QED) is 0.686. The lowest BCUT2D eigenvalue weighted by Crippen LogP contribution is -2.47. The Morgan fingerprint density at radius 1 is 1.10 bits per heavy atom. The van der Waals surface area contributed by atoms with E-state index >= 15 is 0 Å². The largest absolute Gasteiger partial charge is 0.319 e. The Kier molecular flexibility index (Phi) is 6.22. The predicted molar refractivity (Wildman–Crippen MR) is 80.8 cm³/mol. The molecule has 0 bridgehead atoms. The molecule has 0 aliphatic carbocycles. The Hall–Kier alpha value is -0.210. The molecule has 0 aromatic rings. The molecule has 2 aliphatic heterocycles. The molecule has 118 valence electrons. The highest BCUT2D eigenvalue weighted by atomic mass is 32.2. The first-order chi connectivity index (χ1) is 9.62. The fraction of sp³-hybridized carbons (Fsp3) is 1.00. The average Bonchev–Trinajstić information content (AvgIpc) is 2.93. The second-order valence-electron chi connectivity index (χ2n) is 5.85. The summed E-state index contributed by atoms with van der Waals surface area (Å²) in [4.78, 5) is 2.32. The summed E-state index contributed by atoms with van der Waals surface area (Å²) >= 11 is 0. The molecule has 0 aromatic carbocycles. The zero-order valence-electron chi connectivity index (χ0n) is 12.5. The molecule has 2 heterocycles. The summed E-state index contributed by atoms with van der Waals surface area (Å²) in [5, 5.41) is 3.17. The first-order valence-corrected chi connectivity index (χ1v) is 9.17. The molecule has 20 heavy (non-hydrogen) atoms. The van der Waals surface area contributed by atoms with E-state index in [4.69, 9.17) is 0 Å². The van der Waals surface area contributed by atoms with Crippen LogP contribution in [0.25, 0.3) is 0 Å². The summed E-state index contributed by atoms with van der Waals surface area (Å²) in [5.41, 5.74) is 0. The van der Waals surface area contributed by atoms with Crippen LogP contribution in [-0.4, -0.2) is 70.5 Å². The molecule has 7 heteroatoms. The molecule has 0 saturated carbocycles. The van der Waals surface area contributed by atoms with Gasteiger partial charge in [-0.15, -0.1) is 0 Å². The van der Waals surface area contributed by atoms with E-state index in [1.54, 1.807) is 4.31 Å². The van der Waals surface area contributed by atoms with Gasteiger partial charge in [0.25, 0.3) is 10.2 Å². The Labute approximate surface area is 123 Å². The molecule has 2 rings (SSSR count). The van der Waals surface area contributed by atoms with Gasteiger partial charge < -0.3 is 10.2 Å². The summed E-state index contributed by atoms with van der Waals surface area (Å²) in [7, 11) is -1.33. The normalized spacial score (nSPS) is 23.4.